The largest absolute Gasteiger partial charge is 0.547 e. The van der Waals surface area contributed by atoms with E-state index in [9.17, 15) is 30.0 Å². The zero-order chi connectivity index (χ0) is 38.2. The minimum atomic E-state index is -2.40. The van der Waals surface area contributed by atoms with E-state index >= 15 is 0 Å². The first-order chi connectivity index (χ1) is 24.7. The molecular formula is C42H86N2O7. The van der Waals surface area contributed by atoms with E-state index in [1.165, 1.54) is 180 Å². The van der Waals surface area contributed by atoms with Crippen molar-refractivity contribution < 1.29 is 40.9 Å². The second-order valence-electron chi connectivity index (χ2n) is 14.9. The monoisotopic (exact) mass is 731 g/mol. The Balaban J connectivity index is 0. The van der Waals surface area contributed by atoms with Crippen LogP contribution >= 0.6 is 0 Å². The van der Waals surface area contributed by atoms with Gasteiger partial charge in [-0.25, -0.2) is 0 Å². The highest BCUT2D eigenvalue weighted by Gasteiger charge is 2.34. The van der Waals surface area contributed by atoms with Gasteiger partial charge in [-0.3, -0.25) is 4.79 Å². The maximum absolute atomic E-state index is 11.8. The van der Waals surface area contributed by atoms with Crippen molar-refractivity contribution in [1.29, 1.82) is 0 Å². The van der Waals surface area contributed by atoms with Crippen LogP contribution in [0.1, 0.15) is 219 Å². The molecule has 51 heavy (non-hydrogen) atoms. The molecule has 0 spiro atoms. The number of carbonyl (C=O) groups is 2. The molecule has 306 valence electrons. The lowest BCUT2D eigenvalue weighted by Crippen LogP contribution is -2.55. The van der Waals surface area contributed by atoms with Crippen molar-refractivity contribution in [1.82, 2.24) is 5.32 Å². The highest BCUT2D eigenvalue weighted by atomic mass is 16.4. The molecule has 0 aromatic heterocycles. The summed E-state index contributed by atoms with van der Waals surface area (Å²) in [7, 11) is 0. The maximum atomic E-state index is 11.8. The van der Waals surface area contributed by atoms with Crippen LogP contribution in [0, 0.1) is 0 Å². The first-order valence-corrected chi connectivity index (χ1v) is 21.7. The van der Waals surface area contributed by atoms with E-state index in [1.54, 1.807) is 0 Å². The molecule has 0 unspecified atom stereocenters. The van der Waals surface area contributed by atoms with Gasteiger partial charge in [0.05, 0.1) is 12.5 Å². The number of nitrogens with one attached hydrogen (secondary N) is 1. The lowest BCUT2D eigenvalue weighted by molar-refractivity contribution is -0.368. The summed E-state index contributed by atoms with van der Waals surface area (Å²) in [6.45, 7) is 5.97. The van der Waals surface area contributed by atoms with Gasteiger partial charge in [0, 0.05) is 6.54 Å². The van der Waals surface area contributed by atoms with Crippen LogP contribution < -0.4 is 16.2 Å². The molecule has 4 atom stereocenters. The Labute approximate surface area is 314 Å². The number of amides is 1. The zero-order valence-corrected chi connectivity index (χ0v) is 33.6. The Morgan fingerprint density at radius 2 is 0.706 bits per heavy atom. The molecule has 0 saturated carbocycles. The van der Waals surface area contributed by atoms with Gasteiger partial charge in [-0.1, -0.05) is 200 Å². The first-order valence-electron chi connectivity index (χ1n) is 21.7. The Morgan fingerprint density at radius 3 is 0.980 bits per heavy atom. The molecule has 9 nitrogen and oxygen atoms in total. The predicted octanol–water partition coefficient (Wildman–Crippen LogP) is 7.05. The average Bonchev–Trinajstić information content (AvgIpc) is 3.13. The van der Waals surface area contributed by atoms with Crippen molar-refractivity contribution in [2.75, 3.05) is 13.1 Å². The predicted molar refractivity (Wildman–Crippen MR) is 209 cm³/mol. The number of hydrogen-bond donors (Lipinski definition) is 6. The molecule has 0 heterocycles. The Kier molecular flexibility index (Phi) is 42.2. The molecule has 0 bridgehead atoms. The number of hydrogen-bond acceptors (Lipinski definition) is 7. The van der Waals surface area contributed by atoms with Gasteiger partial charge in [-0.15, -0.1) is 0 Å². The Bertz CT molecular complexity index is 711. The zero-order valence-electron chi connectivity index (χ0n) is 33.6. The van der Waals surface area contributed by atoms with Crippen molar-refractivity contribution in [3.05, 3.63) is 0 Å². The van der Waals surface area contributed by atoms with Gasteiger partial charge in [-0.2, -0.15) is 0 Å². The second-order valence-corrected chi connectivity index (χ2v) is 14.9. The van der Waals surface area contributed by atoms with E-state index in [4.69, 9.17) is 5.11 Å². The number of carboxylic acid groups (broad SMARTS) is 1. The number of carboxylic acids is 1. The third-order valence-corrected chi connectivity index (χ3v) is 9.94. The van der Waals surface area contributed by atoms with Gasteiger partial charge in [0.15, 0.2) is 6.10 Å². The molecule has 0 rings (SSSR count). The molecule has 0 aliphatic rings. The van der Waals surface area contributed by atoms with Crippen LogP contribution in [-0.4, -0.2) is 69.8 Å². The number of aliphatic hydroxyl groups is 4. The molecule has 0 aliphatic heterocycles. The molecule has 0 aliphatic carbocycles. The van der Waals surface area contributed by atoms with Gasteiger partial charge >= 0.3 is 0 Å². The van der Waals surface area contributed by atoms with E-state index < -0.39 is 36.3 Å². The van der Waals surface area contributed by atoms with Crippen LogP contribution in [0.25, 0.3) is 0 Å². The molecule has 0 fully saturated rings. The molecule has 9 heteroatoms. The van der Waals surface area contributed by atoms with Crippen LogP contribution in [0.3, 0.4) is 0 Å². The van der Waals surface area contributed by atoms with Crippen LogP contribution in [0.4, 0.5) is 0 Å². The minimum absolute atomic E-state index is 0.306. The standard InChI is InChI=1S/C24H47NO7.C18H39N/c1-2-3-4-5-6-7-8-9-10-11-12-13-14-15-16-17-18-25-23(30)21(28)19(26)20(27)22(29)24(31)32;1-2-3-4-5-6-7-8-9-10-11-12-13-14-15-16-17-18-19/h19-22,26-29H,2-18H2,1H3,(H,25,30)(H,31,32);2-19H2,1H3/t19-,20-,21+,22-;/m1./s1. The average molecular weight is 731 g/mol. The number of carbonyl (C=O) groups excluding carboxylic acids is 2. The topological polar surface area (TPSA) is 178 Å². The number of aliphatic carboxylic acids is 1. The maximum Gasteiger partial charge on any atom is 0.251 e. The summed E-state index contributed by atoms with van der Waals surface area (Å²) < 4.78 is 0. The van der Waals surface area contributed by atoms with Crippen LogP contribution in [0.5, 0.6) is 0 Å². The summed E-state index contributed by atoms with van der Waals surface area (Å²) >= 11 is 0. The summed E-state index contributed by atoms with van der Waals surface area (Å²) in [6, 6.07) is 0. The van der Waals surface area contributed by atoms with Gasteiger partial charge in [0.1, 0.15) is 18.3 Å². The molecule has 0 radical (unpaired) electrons. The van der Waals surface area contributed by atoms with Crippen LogP contribution in [0.15, 0.2) is 0 Å². The number of rotatable bonds is 38. The van der Waals surface area contributed by atoms with E-state index in [0.29, 0.717) is 6.54 Å². The fourth-order valence-corrected chi connectivity index (χ4v) is 6.38. The molecule has 0 aromatic carbocycles. The van der Waals surface area contributed by atoms with Crippen molar-refractivity contribution in [2.45, 2.75) is 244 Å². The summed E-state index contributed by atoms with van der Waals surface area (Å²) in [4.78, 5) is 22.2. The Hall–Kier alpha value is -1.26. The summed E-state index contributed by atoms with van der Waals surface area (Å²) in [5, 5.41) is 50.7. The van der Waals surface area contributed by atoms with E-state index in [1.807, 2.05) is 0 Å². The van der Waals surface area contributed by atoms with E-state index in [-0.39, 0.29) is 0 Å². The quantitative estimate of drug-likeness (QED) is 0.0369. The Morgan fingerprint density at radius 1 is 0.451 bits per heavy atom. The molecule has 8 N–H and O–H groups in total. The van der Waals surface area contributed by atoms with E-state index in [2.05, 4.69) is 24.9 Å². The summed E-state index contributed by atoms with van der Waals surface area (Å²) in [6.07, 6.45) is 34.3. The molecule has 0 aromatic rings. The fourth-order valence-electron chi connectivity index (χ4n) is 6.38. The normalized spacial score (nSPS) is 13.6. The number of quaternary nitrogens is 1. The highest BCUT2D eigenvalue weighted by Crippen LogP contribution is 2.15. The van der Waals surface area contributed by atoms with Crippen LogP contribution in [0.2, 0.25) is 0 Å². The highest BCUT2D eigenvalue weighted by molar-refractivity contribution is 5.81. The van der Waals surface area contributed by atoms with Crippen molar-refractivity contribution in [3.8, 4) is 0 Å². The molecule has 1 amide bonds. The third kappa shape index (κ3) is 36.9. The number of aliphatic hydroxyl groups excluding tert-OH is 4. The SMILES string of the molecule is CCCCCCCCCCCCCCCCCCNC(=O)[C@@H](O)[C@H](O)[C@@H](O)[C@@H](O)C(=O)[O-].CCCCCCCCCCCCCCCCCC[NH3+]. The lowest BCUT2D eigenvalue weighted by atomic mass is 10.0. The first kappa shape index (κ1) is 51.8. The summed E-state index contributed by atoms with van der Waals surface area (Å²) in [5.41, 5.74) is 3.89. The van der Waals surface area contributed by atoms with Gasteiger partial charge in [-0.05, 0) is 19.3 Å². The van der Waals surface area contributed by atoms with Gasteiger partial charge in [0.2, 0.25) is 0 Å². The molecule has 0 saturated heterocycles. The minimum Gasteiger partial charge on any atom is -0.547 e. The smallest absolute Gasteiger partial charge is 0.251 e. The van der Waals surface area contributed by atoms with Crippen LogP contribution in [-0.2, 0) is 9.59 Å². The molecular weight excluding hydrogens is 644 g/mol. The van der Waals surface area contributed by atoms with Crippen molar-refractivity contribution in [2.24, 2.45) is 0 Å². The second kappa shape index (κ2) is 41.5. The van der Waals surface area contributed by atoms with E-state index in [0.717, 1.165) is 32.2 Å². The number of unbranched alkanes of at least 4 members (excludes halogenated alkanes) is 30. The lowest BCUT2D eigenvalue weighted by Gasteiger charge is -2.26. The van der Waals surface area contributed by atoms with Crippen molar-refractivity contribution in [3.63, 3.8) is 0 Å². The summed E-state index contributed by atoms with van der Waals surface area (Å²) in [5.74, 6) is -2.93. The third-order valence-electron chi connectivity index (χ3n) is 9.94. The fraction of sp³-hybridized carbons (Fsp3) is 0.952. The van der Waals surface area contributed by atoms with Gasteiger partial charge < -0.3 is 41.4 Å². The van der Waals surface area contributed by atoms with Crippen molar-refractivity contribution >= 4 is 11.9 Å². The van der Waals surface area contributed by atoms with Gasteiger partial charge in [0.25, 0.3) is 5.91 Å².